The van der Waals surface area contributed by atoms with Crippen LogP contribution in [0.3, 0.4) is 0 Å². The highest BCUT2D eigenvalue weighted by atomic mass is 16.5. The molecule has 6 rings (SSSR count). The van der Waals surface area contributed by atoms with E-state index in [1.165, 1.54) is 13.2 Å². The molecule has 0 bridgehead atoms. The fourth-order valence-corrected chi connectivity index (χ4v) is 6.24. The van der Waals surface area contributed by atoms with Crippen molar-refractivity contribution in [2.24, 2.45) is 0 Å². The summed E-state index contributed by atoms with van der Waals surface area (Å²) in [5.74, 6) is 0.692. The van der Waals surface area contributed by atoms with E-state index in [1.807, 2.05) is 24.3 Å². The third kappa shape index (κ3) is 5.96. The van der Waals surface area contributed by atoms with Crippen molar-refractivity contribution in [3.05, 3.63) is 107 Å². The number of rotatable bonds is 7. The van der Waals surface area contributed by atoms with E-state index in [1.54, 1.807) is 48.5 Å². The molecule has 43 heavy (non-hydrogen) atoms. The van der Waals surface area contributed by atoms with Gasteiger partial charge >= 0.3 is 0 Å². The first-order chi connectivity index (χ1) is 20.8. The van der Waals surface area contributed by atoms with Gasteiger partial charge in [0.1, 0.15) is 46.2 Å². The van der Waals surface area contributed by atoms with Crippen molar-refractivity contribution in [2.75, 3.05) is 7.11 Å². The largest absolute Gasteiger partial charge is 0.508 e. The van der Waals surface area contributed by atoms with Crippen LogP contribution in [0, 0.1) is 0 Å². The molecule has 0 aliphatic carbocycles. The molecule has 8 heteroatoms. The van der Waals surface area contributed by atoms with Gasteiger partial charge in [0.2, 0.25) is 0 Å². The van der Waals surface area contributed by atoms with Gasteiger partial charge in [-0.15, -0.1) is 0 Å². The number of phenolic OH excluding ortho intramolecular Hbond substituents is 4. The van der Waals surface area contributed by atoms with Crippen LogP contribution in [0.15, 0.2) is 78.9 Å². The van der Waals surface area contributed by atoms with Crippen molar-refractivity contribution in [2.45, 2.75) is 56.3 Å². The normalized spacial score (nSPS) is 21.6. The van der Waals surface area contributed by atoms with E-state index < -0.39 is 6.10 Å². The predicted molar refractivity (Wildman–Crippen MR) is 159 cm³/mol. The maximum atomic E-state index is 13.6. The number of fused-ring (bicyclic) bond motifs is 1. The molecule has 2 heterocycles. The maximum absolute atomic E-state index is 13.6. The Kier molecular flexibility index (Phi) is 7.86. The van der Waals surface area contributed by atoms with Crippen molar-refractivity contribution in [3.8, 4) is 34.5 Å². The van der Waals surface area contributed by atoms with E-state index in [4.69, 9.17) is 14.2 Å². The Balaban J connectivity index is 1.37. The summed E-state index contributed by atoms with van der Waals surface area (Å²) in [6.45, 7) is 0. The summed E-state index contributed by atoms with van der Waals surface area (Å²) in [6.07, 6.45) is 1.52. The number of aryl methyl sites for hydroxylation is 1. The number of hydrogen-bond acceptors (Lipinski definition) is 8. The number of Topliss-reactive ketones (excluding diaryl/α,β-unsaturated/α-hetero) is 1. The highest BCUT2D eigenvalue weighted by Gasteiger charge is 2.40. The highest BCUT2D eigenvalue weighted by Crippen LogP contribution is 2.53. The van der Waals surface area contributed by atoms with E-state index in [2.05, 4.69) is 0 Å². The van der Waals surface area contributed by atoms with Crippen molar-refractivity contribution in [1.29, 1.82) is 0 Å². The predicted octanol–water partition coefficient (Wildman–Crippen LogP) is 6.86. The molecule has 0 aromatic heterocycles. The number of ketones is 1. The molecule has 0 spiro atoms. The Labute approximate surface area is 249 Å². The van der Waals surface area contributed by atoms with Crippen LogP contribution < -0.4 is 9.47 Å². The van der Waals surface area contributed by atoms with Crippen LogP contribution in [0.1, 0.15) is 76.4 Å². The number of carbonyl (C=O) groups excluding carboxylic acids is 1. The average molecular weight is 583 g/mol. The minimum atomic E-state index is -0.594. The molecule has 0 unspecified atom stereocenters. The molecular weight excluding hydrogens is 548 g/mol. The summed E-state index contributed by atoms with van der Waals surface area (Å²) < 4.78 is 18.6. The number of phenols is 4. The van der Waals surface area contributed by atoms with E-state index in [-0.39, 0.29) is 59.1 Å². The fraction of sp³-hybridized carbons (Fsp3) is 0.286. The van der Waals surface area contributed by atoms with Gasteiger partial charge in [0.25, 0.3) is 0 Å². The first-order valence-corrected chi connectivity index (χ1v) is 14.4. The summed E-state index contributed by atoms with van der Waals surface area (Å²) >= 11 is 0. The number of ether oxygens (including phenoxy) is 3. The van der Waals surface area contributed by atoms with E-state index in [0.717, 1.165) is 23.1 Å². The minimum absolute atomic E-state index is 0.0107. The molecule has 2 aliphatic heterocycles. The first-order valence-electron chi connectivity index (χ1n) is 14.4. The Morgan fingerprint density at radius 3 is 1.98 bits per heavy atom. The van der Waals surface area contributed by atoms with Crippen LogP contribution in [0.25, 0.3) is 0 Å². The lowest BCUT2D eigenvalue weighted by Gasteiger charge is -2.38. The lowest BCUT2D eigenvalue weighted by molar-refractivity contribution is -0.0634. The third-order valence-corrected chi connectivity index (χ3v) is 8.42. The molecule has 4 aromatic carbocycles. The second-order valence-electron chi connectivity index (χ2n) is 11.3. The minimum Gasteiger partial charge on any atom is -0.508 e. The zero-order valence-corrected chi connectivity index (χ0v) is 23.8. The number of hydrogen-bond donors (Lipinski definition) is 4. The van der Waals surface area contributed by atoms with Gasteiger partial charge in [-0.25, -0.2) is 0 Å². The zero-order valence-electron chi connectivity index (χ0n) is 23.8. The van der Waals surface area contributed by atoms with E-state index >= 15 is 0 Å². The molecule has 8 nitrogen and oxygen atoms in total. The summed E-state index contributed by atoms with van der Waals surface area (Å²) in [7, 11) is 1.46. The van der Waals surface area contributed by atoms with Gasteiger partial charge < -0.3 is 34.6 Å². The number of carbonyl (C=O) groups is 1. The third-order valence-electron chi connectivity index (χ3n) is 8.42. The molecule has 4 aromatic rings. The smallest absolute Gasteiger partial charge is 0.174 e. The Bertz CT molecular complexity index is 1600. The van der Waals surface area contributed by atoms with Gasteiger partial charge in [-0.3, -0.25) is 4.79 Å². The number of aromatic hydroxyl groups is 4. The van der Waals surface area contributed by atoms with E-state index in [9.17, 15) is 25.2 Å². The van der Waals surface area contributed by atoms with Gasteiger partial charge in [-0.05, 0) is 84.7 Å². The highest BCUT2D eigenvalue weighted by molar-refractivity contribution is 6.03. The van der Waals surface area contributed by atoms with Gasteiger partial charge in [-0.1, -0.05) is 36.4 Å². The van der Waals surface area contributed by atoms with Crippen LogP contribution in [-0.2, 0) is 11.2 Å². The quantitative estimate of drug-likeness (QED) is 0.186. The second-order valence-corrected chi connectivity index (χ2v) is 11.3. The van der Waals surface area contributed by atoms with Gasteiger partial charge in [0.15, 0.2) is 5.78 Å². The second kappa shape index (κ2) is 11.9. The average Bonchev–Trinajstić information content (AvgIpc) is 3.00. The Morgan fingerprint density at radius 1 is 0.791 bits per heavy atom. The number of benzene rings is 4. The molecule has 1 saturated heterocycles. The fourth-order valence-electron chi connectivity index (χ4n) is 6.24. The molecule has 0 amide bonds. The van der Waals surface area contributed by atoms with Gasteiger partial charge in [0.05, 0.1) is 25.7 Å². The summed E-state index contributed by atoms with van der Waals surface area (Å²) in [5, 5.41) is 40.8. The Hall–Kier alpha value is -4.69. The van der Waals surface area contributed by atoms with Crippen molar-refractivity contribution in [3.63, 3.8) is 0 Å². The lowest BCUT2D eigenvalue weighted by Crippen LogP contribution is -2.29. The molecule has 2 aliphatic rings. The monoisotopic (exact) mass is 582 g/mol. The molecule has 0 saturated carbocycles. The van der Waals surface area contributed by atoms with E-state index in [0.29, 0.717) is 36.1 Å². The lowest BCUT2D eigenvalue weighted by atomic mass is 9.80. The van der Waals surface area contributed by atoms with Crippen molar-refractivity contribution < 1.29 is 39.4 Å². The van der Waals surface area contributed by atoms with Crippen molar-refractivity contribution in [1.82, 2.24) is 0 Å². The zero-order chi connectivity index (χ0) is 30.1. The van der Waals surface area contributed by atoms with Crippen LogP contribution in [0.2, 0.25) is 0 Å². The molecule has 4 atom stereocenters. The van der Waals surface area contributed by atoms with Gasteiger partial charge in [0, 0.05) is 11.6 Å². The molecule has 222 valence electrons. The molecule has 1 fully saturated rings. The molecular formula is C35H34O8. The molecule has 0 radical (unpaired) electrons. The SMILES string of the molecule is COc1cc(O)c([C@@H]2C[C@H](CCc3ccc(O)cc3)O[C@@H](c3ccc(O)cc3)C2)c2c1C(=O)C[C@H](c1ccc(O)cc1)O2. The van der Waals surface area contributed by atoms with Crippen LogP contribution >= 0.6 is 0 Å². The van der Waals surface area contributed by atoms with Crippen LogP contribution in [0.4, 0.5) is 0 Å². The van der Waals surface area contributed by atoms with Crippen LogP contribution in [-0.4, -0.2) is 39.4 Å². The summed E-state index contributed by atoms with van der Waals surface area (Å²) in [5.41, 5.74) is 3.58. The van der Waals surface area contributed by atoms with Gasteiger partial charge in [-0.2, -0.15) is 0 Å². The van der Waals surface area contributed by atoms with Crippen LogP contribution in [0.5, 0.6) is 34.5 Å². The number of methoxy groups -OCH3 is 1. The molecule has 4 N–H and O–H groups in total. The summed E-state index contributed by atoms with van der Waals surface area (Å²) in [4.78, 5) is 13.6. The standard InChI is InChI=1S/C35H34O8/c1-41-32-19-28(39)33(35-34(32)29(40)18-31(43-35)22-7-13-26(38)14-8-22)23-16-27(15-4-20-2-9-24(36)10-3-20)42-30(17-23)21-5-11-25(37)12-6-21/h2-3,5-14,19,23,27,30-31,36-39H,4,15-18H2,1H3/t23-,27+,30-,31-/m1/s1. The first kappa shape index (κ1) is 28.4. The topological polar surface area (TPSA) is 126 Å². The van der Waals surface area contributed by atoms with Crippen molar-refractivity contribution >= 4 is 5.78 Å². The maximum Gasteiger partial charge on any atom is 0.174 e. The Morgan fingerprint density at radius 2 is 1.37 bits per heavy atom. The summed E-state index contributed by atoms with van der Waals surface area (Å²) in [6, 6.07) is 22.1.